The first-order valence-corrected chi connectivity index (χ1v) is 6.58. The number of carbonyl (C=O) groups is 1. The summed E-state index contributed by atoms with van der Waals surface area (Å²) in [5.74, 6) is 0.125. The normalized spacial score (nSPS) is 11.8. The van der Waals surface area contributed by atoms with Gasteiger partial charge in [0.25, 0.3) is 0 Å². The Morgan fingerprint density at radius 2 is 1.74 bits per heavy atom. The molecule has 2 rings (SSSR count). The fraction of sp³-hybridized carbons (Fsp3) is 0.167. The second-order valence-electron chi connectivity index (χ2n) is 4.56. The molecule has 0 fully saturated rings. The molecular weight excluding hydrogens is 232 g/mol. The number of carbonyl (C=O) groups excluding carboxylic acids is 1. The monoisotopic (exact) mass is 250 g/mol. The van der Waals surface area contributed by atoms with E-state index in [4.69, 9.17) is 0 Å². The van der Waals surface area contributed by atoms with E-state index < -0.39 is 0 Å². The average molecular weight is 250 g/mol. The van der Waals surface area contributed by atoms with Crippen LogP contribution in [-0.4, -0.2) is 5.78 Å². The predicted octanol–water partition coefficient (Wildman–Crippen LogP) is 4.71. The molecule has 1 heteroatoms. The van der Waals surface area contributed by atoms with E-state index >= 15 is 0 Å². The van der Waals surface area contributed by atoms with Crippen molar-refractivity contribution in [2.45, 2.75) is 19.3 Å². The standard InChI is InChI=1S/C18H18O/c1-3-14-10-12-16(13-11-14)18(19)17(4-2)15-8-6-5-7-9-15/h3,5-13,17H,1,4H2,2H3. The molecule has 0 saturated heterocycles. The zero-order chi connectivity index (χ0) is 13.7. The molecule has 0 amide bonds. The molecule has 0 N–H and O–H groups in total. The van der Waals surface area contributed by atoms with E-state index in [1.54, 1.807) is 6.08 Å². The highest BCUT2D eigenvalue weighted by molar-refractivity contribution is 6.01. The van der Waals surface area contributed by atoms with Crippen LogP contribution >= 0.6 is 0 Å². The zero-order valence-corrected chi connectivity index (χ0v) is 11.2. The topological polar surface area (TPSA) is 17.1 Å². The van der Waals surface area contributed by atoms with E-state index in [9.17, 15) is 4.79 Å². The van der Waals surface area contributed by atoms with Crippen molar-refractivity contribution in [1.82, 2.24) is 0 Å². The smallest absolute Gasteiger partial charge is 0.170 e. The van der Waals surface area contributed by atoms with Crippen molar-refractivity contribution < 1.29 is 4.79 Å². The summed E-state index contributed by atoms with van der Waals surface area (Å²) in [7, 11) is 0. The summed E-state index contributed by atoms with van der Waals surface area (Å²) >= 11 is 0. The van der Waals surface area contributed by atoms with Crippen molar-refractivity contribution in [3.05, 3.63) is 77.9 Å². The Kier molecular flexibility index (Phi) is 4.30. The lowest BCUT2D eigenvalue weighted by Gasteiger charge is -2.14. The zero-order valence-electron chi connectivity index (χ0n) is 11.2. The van der Waals surface area contributed by atoms with Crippen LogP contribution in [0.2, 0.25) is 0 Å². The summed E-state index contributed by atoms with van der Waals surface area (Å²) in [6.07, 6.45) is 2.59. The third kappa shape index (κ3) is 3.00. The molecule has 0 radical (unpaired) electrons. The van der Waals surface area contributed by atoms with Gasteiger partial charge in [-0.15, -0.1) is 0 Å². The predicted molar refractivity (Wildman–Crippen MR) is 80.3 cm³/mol. The first kappa shape index (κ1) is 13.3. The quantitative estimate of drug-likeness (QED) is 0.702. The van der Waals surface area contributed by atoms with Gasteiger partial charge in [0, 0.05) is 11.5 Å². The molecule has 0 saturated carbocycles. The van der Waals surface area contributed by atoms with Crippen molar-refractivity contribution in [2.24, 2.45) is 0 Å². The fourth-order valence-electron chi connectivity index (χ4n) is 2.24. The van der Waals surface area contributed by atoms with Crippen molar-refractivity contribution in [3.63, 3.8) is 0 Å². The maximum atomic E-state index is 12.6. The SMILES string of the molecule is C=Cc1ccc(C(=O)C(CC)c2ccccc2)cc1. The molecule has 2 aromatic rings. The van der Waals surface area contributed by atoms with Crippen LogP contribution in [0.15, 0.2) is 61.2 Å². The number of benzene rings is 2. The summed E-state index contributed by atoms with van der Waals surface area (Å²) in [5.41, 5.74) is 2.88. The molecule has 96 valence electrons. The molecular formula is C18H18O. The molecule has 19 heavy (non-hydrogen) atoms. The van der Waals surface area contributed by atoms with Gasteiger partial charge >= 0.3 is 0 Å². The van der Waals surface area contributed by atoms with Crippen LogP contribution in [0, 0.1) is 0 Å². The van der Waals surface area contributed by atoms with E-state index in [1.165, 1.54) is 0 Å². The molecule has 0 bridgehead atoms. The van der Waals surface area contributed by atoms with E-state index in [-0.39, 0.29) is 11.7 Å². The number of hydrogen-bond acceptors (Lipinski definition) is 1. The van der Waals surface area contributed by atoms with Gasteiger partial charge in [-0.25, -0.2) is 0 Å². The highest BCUT2D eigenvalue weighted by Gasteiger charge is 2.19. The summed E-state index contributed by atoms with van der Waals surface area (Å²) in [4.78, 5) is 12.6. The van der Waals surface area contributed by atoms with Gasteiger partial charge in [0.2, 0.25) is 0 Å². The molecule has 0 aliphatic heterocycles. The molecule has 1 atom stereocenters. The molecule has 0 aliphatic carbocycles. The lowest BCUT2D eigenvalue weighted by Crippen LogP contribution is -2.12. The number of Topliss-reactive ketones (excluding diaryl/α,β-unsaturated/α-hetero) is 1. The Morgan fingerprint density at radius 1 is 1.11 bits per heavy atom. The highest BCUT2D eigenvalue weighted by Crippen LogP contribution is 2.24. The van der Waals surface area contributed by atoms with Gasteiger partial charge < -0.3 is 0 Å². The van der Waals surface area contributed by atoms with Crippen LogP contribution in [-0.2, 0) is 0 Å². The van der Waals surface area contributed by atoms with Crippen LogP contribution in [0.1, 0.15) is 40.7 Å². The Bertz CT molecular complexity index is 552. The lowest BCUT2D eigenvalue weighted by atomic mass is 9.88. The highest BCUT2D eigenvalue weighted by atomic mass is 16.1. The Labute approximate surface area is 114 Å². The molecule has 1 nitrogen and oxygen atoms in total. The van der Waals surface area contributed by atoms with Gasteiger partial charge in [-0.05, 0) is 17.5 Å². The number of hydrogen-bond donors (Lipinski definition) is 0. The van der Waals surface area contributed by atoms with Crippen LogP contribution in [0.5, 0.6) is 0 Å². The minimum Gasteiger partial charge on any atom is -0.293 e. The van der Waals surface area contributed by atoms with Crippen molar-refractivity contribution in [1.29, 1.82) is 0 Å². The van der Waals surface area contributed by atoms with Crippen molar-refractivity contribution in [2.75, 3.05) is 0 Å². The molecule has 0 aromatic heterocycles. The molecule has 1 unspecified atom stereocenters. The minimum atomic E-state index is -0.0595. The average Bonchev–Trinajstić information content (AvgIpc) is 2.49. The third-order valence-corrected chi connectivity index (χ3v) is 3.36. The molecule has 0 spiro atoms. The van der Waals surface area contributed by atoms with Gasteiger partial charge in [-0.1, -0.05) is 74.2 Å². The largest absolute Gasteiger partial charge is 0.293 e. The van der Waals surface area contributed by atoms with E-state index in [0.29, 0.717) is 0 Å². The maximum Gasteiger partial charge on any atom is 0.170 e. The third-order valence-electron chi connectivity index (χ3n) is 3.36. The van der Waals surface area contributed by atoms with Crippen molar-refractivity contribution in [3.8, 4) is 0 Å². The first-order valence-electron chi connectivity index (χ1n) is 6.58. The van der Waals surface area contributed by atoms with Gasteiger partial charge in [0.05, 0.1) is 0 Å². The Balaban J connectivity index is 2.28. The maximum absolute atomic E-state index is 12.6. The van der Waals surface area contributed by atoms with Gasteiger partial charge in [0.1, 0.15) is 0 Å². The van der Waals surface area contributed by atoms with E-state index in [0.717, 1.165) is 23.1 Å². The van der Waals surface area contributed by atoms with Crippen LogP contribution in [0.4, 0.5) is 0 Å². The van der Waals surface area contributed by atoms with Crippen LogP contribution < -0.4 is 0 Å². The second kappa shape index (κ2) is 6.14. The first-order chi connectivity index (χ1) is 9.26. The van der Waals surface area contributed by atoms with Crippen LogP contribution in [0.3, 0.4) is 0 Å². The summed E-state index contributed by atoms with van der Waals surface area (Å²) in [6.45, 7) is 5.77. The molecule has 0 heterocycles. The molecule has 0 aliphatic rings. The van der Waals surface area contributed by atoms with Gasteiger partial charge in [0.15, 0.2) is 5.78 Å². The number of rotatable bonds is 5. The second-order valence-corrected chi connectivity index (χ2v) is 4.56. The minimum absolute atomic E-state index is 0.0595. The number of ketones is 1. The Hall–Kier alpha value is -2.15. The Morgan fingerprint density at radius 3 is 2.26 bits per heavy atom. The van der Waals surface area contributed by atoms with Crippen LogP contribution in [0.25, 0.3) is 6.08 Å². The fourth-order valence-corrected chi connectivity index (χ4v) is 2.24. The van der Waals surface area contributed by atoms with Crippen molar-refractivity contribution >= 4 is 11.9 Å². The van der Waals surface area contributed by atoms with E-state index in [2.05, 4.69) is 6.58 Å². The lowest BCUT2D eigenvalue weighted by molar-refractivity contribution is 0.0957. The summed E-state index contributed by atoms with van der Waals surface area (Å²) < 4.78 is 0. The van der Waals surface area contributed by atoms with Gasteiger partial charge in [-0.2, -0.15) is 0 Å². The summed E-state index contributed by atoms with van der Waals surface area (Å²) in [5, 5.41) is 0. The molecule has 2 aromatic carbocycles. The van der Waals surface area contributed by atoms with E-state index in [1.807, 2.05) is 61.5 Å². The summed E-state index contributed by atoms with van der Waals surface area (Å²) in [6, 6.07) is 17.6. The van der Waals surface area contributed by atoms with Gasteiger partial charge in [-0.3, -0.25) is 4.79 Å².